The van der Waals surface area contributed by atoms with Crippen molar-refractivity contribution in [2.45, 2.75) is 6.92 Å². The van der Waals surface area contributed by atoms with Crippen LogP contribution >= 0.6 is 15.9 Å². The number of nitrogens with zero attached hydrogens (tertiary/aromatic N) is 1. The van der Waals surface area contributed by atoms with Crippen molar-refractivity contribution >= 4 is 22.0 Å². The summed E-state index contributed by atoms with van der Waals surface area (Å²) in [6.45, 7) is 2.03. The molecule has 0 bridgehead atoms. The molecular weight excluding hydrogens is 214 g/mol. The zero-order valence-corrected chi connectivity index (χ0v) is 8.30. The monoisotopic (exact) mass is 221 g/mol. The first-order valence-electron chi connectivity index (χ1n) is 3.56. The maximum Gasteiger partial charge on any atom is 0.0912 e. The smallest absolute Gasteiger partial charge is 0.0912 e. The van der Waals surface area contributed by atoms with Crippen LogP contribution in [-0.4, -0.2) is 0 Å². The fourth-order valence-corrected chi connectivity index (χ4v) is 1.52. The van der Waals surface area contributed by atoms with E-state index >= 15 is 0 Å². The first kappa shape index (κ1) is 9.02. The number of halogens is 1. The van der Waals surface area contributed by atoms with Crippen LogP contribution in [0.15, 0.2) is 28.7 Å². The van der Waals surface area contributed by atoms with Crippen LogP contribution in [0, 0.1) is 18.3 Å². The van der Waals surface area contributed by atoms with E-state index in [0.717, 1.165) is 10.0 Å². The zero-order chi connectivity index (χ0) is 8.97. The molecule has 12 heavy (non-hydrogen) atoms. The Kier molecular flexibility index (Phi) is 3.07. The van der Waals surface area contributed by atoms with Gasteiger partial charge in [-0.3, -0.25) is 0 Å². The fourth-order valence-electron chi connectivity index (χ4n) is 0.894. The molecule has 60 valence electrons. The van der Waals surface area contributed by atoms with E-state index in [-0.39, 0.29) is 0 Å². The minimum absolute atomic E-state index is 1.02. The number of rotatable bonds is 1. The Hall–Kier alpha value is -1.07. The predicted octanol–water partition coefficient (Wildman–Crippen LogP) is 3.29. The van der Waals surface area contributed by atoms with E-state index in [0.29, 0.717) is 0 Å². The molecule has 0 spiro atoms. The number of benzene rings is 1. The SMILES string of the molecule is Cc1ccc(C=CC#N)c(Br)c1. The third kappa shape index (κ3) is 2.21. The van der Waals surface area contributed by atoms with E-state index in [1.807, 2.05) is 31.2 Å². The number of aryl methyl sites for hydroxylation is 1. The highest BCUT2D eigenvalue weighted by Crippen LogP contribution is 2.19. The molecule has 0 saturated carbocycles. The van der Waals surface area contributed by atoms with Gasteiger partial charge in [-0.1, -0.05) is 28.1 Å². The number of allylic oxidation sites excluding steroid dienone is 1. The highest BCUT2D eigenvalue weighted by Gasteiger charge is 1.94. The summed E-state index contributed by atoms with van der Waals surface area (Å²) in [5.41, 5.74) is 2.23. The van der Waals surface area contributed by atoms with Gasteiger partial charge in [0.1, 0.15) is 0 Å². The highest BCUT2D eigenvalue weighted by atomic mass is 79.9. The molecule has 0 atom stereocenters. The van der Waals surface area contributed by atoms with Crippen molar-refractivity contribution in [3.8, 4) is 6.07 Å². The molecule has 1 nitrogen and oxygen atoms in total. The first-order valence-corrected chi connectivity index (χ1v) is 4.35. The van der Waals surface area contributed by atoms with Crippen molar-refractivity contribution in [2.75, 3.05) is 0 Å². The van der Waals surface area contributed by atoms with Crippen molar-refractivity contribution in [1.29, 1.82) is 5.26 Å². The topological polar surface area (TPSA) is 23.8 Å². The average molecular weight is 222 g/mol. The van der Waals surface area contributed by atoms with Crippen LogP contribution in [0.25, 0.3) is 6.08 Å². The van der Waals surface area contributed by atoms with Gasteiger partial charge in [-0.2, -0.15) is 5.26 Å². The zero-order valence-electron chi connectivity index (χ0n) is 6.71. The number of hydrogen-bond donors (Lipinski definition) is 0. The molecule has 0 aromatic heterocycles. The molecule has 1 aromatic rings. The molecule has 0 aliphatic heterocycles. The van der Waals surface area contributed by atoms with Gasteiger partial charge >= 0.3 is 0 Å². The lowest BCUT2D eigenvalue weighted by Gasteiger charge is -1.98. The van der Waals surface area contributed by atoms with Crippen molar-refractivity contribution < 1.29 is 0 Å². The molecule has 0 saturated heterocycles. The summed E-state index contributed by atoms with van der Waals surface area (Å²) < 4.78 is 1.02. The molecule has 2 heteroatoms. The molecule has 0 aliphatic carbocycles. The van der Waals surface area contributed by atoms with Crippen LogP contribution in [0.1, 0.15) is 11.1 Å². The summed E-state index contributed by atoms with van der Waals surface area (Å²) in [6, 6.07) is 7.98. The van der Waals surface area contributed by atoms with E-state index in [2.05, 4.69) is 15.9 Å². The molecule has 0 heterocycles. The molecule has 1 rings (SSSR count). The second-order valence-corrected chi connectivity index (χ2v) is 3.34. The van der Waals surface area contributed by atoms with E-state index in [1.54, 1.807) is 6.08 Å². The molecule has 0 fully saturated rings. The number of hydrogen-bond acceptors (Lipinski definition) is 1. The number of nitriles is 1. The molecule has 0 radical (unpaired) electrons. The van der Waals surface area contributed by atoms with Gasteiger partial charge < -0.3 is 0 Å². The molecule has 1 aromatic carbocycles. The lowest BCUT2D eigenvalue weighted by atomic mass is 10.1. The summed E-state index contributed by atoms with van der Waals surface area (Å²) in [5.74, 6) is 0. The second kappa shape index (κ2) is 4.08. The maximum atomic E-state index is 8.32. The van der Waals surface area contributed by atoms with Crippen molar-refractivity contribution in [1.82, 2.24) is 0 Å². The quantitative estimate of drug-likeness (QED) is 0.668. The lowest BCUT2D eigenvalue weighted by molar-refractivity contribution is 1.44. The maximum absolute atomic E-state index is 8.32. The molecule has 0 N–H and O–H groups in total. The van der Waals surface area contributed by atoms with Crippen LogP contribution in [0.5, 0.6) is 0 Å². The fraction of sp³-hybridized carbons (Fsp3) is 0.100. The third-order valence-electron chi connectivity index (χ3n) is 1.49. The Morgan fingerprint density at radius 1 is 1.50 bits per heavy atom. The Balaban J connectivity index is 3.03. The van der Waals surface area contributed by atoms with E-state index in [1.165, 1.54) is 11.6 Å². The van der Waals surface area contributed by atoms with Gasteiger partial charge in [-0.25, -0.2) is 0 Å². The van der Waals surface area contributed by atoms with Crippen molar-refractivity contribution in [3.05, 3.63) is 39.9 Å². The van der Waals surface area contributed by atoms with Gasteiger partial charge in [0.05, 0.1) is 6.07 Å². The summed E-state index contributed by atoms with van der Waals surface area (Å²) in [4.78, 5) is 0. The van der Waals surface area contributed by atoms with Crippen LogP contribution in [0.4, 0.5) is 0 Å². The molecule has 0 aliphatic rings. The Labute approximate surface area is 80.5 Å². The Bertz CT molecular complexity index is 347. The summed E-state index contributed by atoms with van der Waals surface area (Å²) in [7, 11) is 0. The van der Waals surface area contributed by atoms with Gasteiger partial charge in [-0.05, 0) is 30.2 Å². The van der Waals surface area contributed by atoms with E-state index < -0.39 is 0 Å². The summed E-state index contributed by atoms with van der Waals surface area (Å²) >= 11 is 3.42. The standard InChI is InChI=1S/C10H8BrN/c1-8-4-5-9(3-2-6-12)10(11)7-8/h2-5,7H,1H3. The van der Waals surface area contributed by atoms with E-state index in [4.69, 9.17) is 5.26 Å². The minimum atomic E-state index is 1.02. The van der Waals surface area contributed by atoms with E-state index in [9.17, 15) is 0 Å². The van der Waals surface area contributed by atoms with Gasteiger partial charge in [0.2, 0.25) is 0 Å². The second-order valence-electron chi connectivity index (χ2n) is 2.49. The van der Waals surface area contributed by atoms with Crippen LogP contribution < -0.4 is 0 Å². The summed E-state index contributed by atoms with van der Waals surface area (Å²) in [6.07, 6.45) is 3.25. The molecule has 0 unspecified atom stereocenters. The van der Waals surface area contributed by atoms with Crippen LogP contribution in [0.2, 0.25) is 0 Å². The molecular formula is C10H8BrN. The van der Waals surface area contributed by atoms with Crippen molar-refractivity contribution in [3.63, 3.8) is 0 Å². The van der Waals surface area contributed by atoms with Gasteiger partial charge in [0.25, 0.3) is 0 Å². The molecule has 0 amide bonds. The first-order chi connectivity index (χ1) is 5.74. The largest absolute Gasteiger partial charge is 0.193 e. The van der Waals surface area contributed by atoms with Crippen LogP contribution in [-0.2, 0) is 0 Å². The Morgan fingerprint density at radius 2 is 2.25 bits per heavy atom. The van der Waals surface area contributed by atoms with Gasteiger partial charge in [0.15, 0.2) is 0 Å². The lowest BCUT2D eigenvalue weighted by Crippen LogP contribution is -1.77. The van der Waals surface area contributed by atoms with Gasteiger partial charge in [0, 0.05) is 10.5 Å². The van der Waals surface area contributed by atoms with Crippen molar-refractivity contribution in [2.24, 2.45) is 0 Å². The average Bonchev–Trinajstić information content (AvgIpc) is 2.03. The predicted molar refractivity (Wildman–Crippen MR) is 53.5 cm³/mol. The van der Waals surface area contributed by atoms with Gasteiger partial charge in [-0.15, -0.1) is 0 Å². The van der Waals surface area contributed by atoms with Crippen LogP contribution in [0.3, 0.4) is 0 Å². The highest BCUT2D eigenvalue weighted by molar-refractivity contribution is 9.10. The minimum Gasteiger partial charge on any atom is -0.193 e. The third-order valence-corrected chi connectivity index (χ3v) is 2.18. The summed E-state index contributed by atoms with van der Waals surface area (Å²) in [5, 5.41) is 8.32. The normalized spacial score (nSPS) is 10.1. The Morgan fingerprint density at radius 3 is 2.83 bits per heavy atom.